The molecule has 0 spiro atoms. The number of carbonyl (C=O) groups is 1. The normalized spacial score (nSPS) is 16.2. The van der Waals surface area contributed by atoms with Crippen LogP contribution in [0.25, 0.3) is 11.5 Å². The maximum atomic E-state index is 12.0. The number of amides is 1. The van der Waals surface area contributed by atoms with Gasteiger partial charge in [0.1, 0.15) is 11.3 Å². The first-order valence-electron chi connectivity index (χ1n) is 7.32. The highest BCUT2D eigenvalue weighted by molar-refractivity contribution is 5.79. The fourth-order valence-corrected chi connectivity index (χ4v) is 2.35. The second-order valence-corrected chi connectivity index (χ2v) is 5.69. The molecule has 23 heavy (non-hydrogen) atoms. The molecule has 3 rings (SSSR count). The monoisotopic (exact) mass is 312 g/mol. The van der Waals surface area contributed by atoms with Crippen molar-refractivity contribution in [3.05, 3.63) is 30.7 Å². The van der Waals surface area contributed by atoms with Crippen molar-refractivity contribution in [2.45, 2.75) is 25.3 Å². The molecule has 0 bridgehead atoms. The van der Waals surface area contributed by atoms with Gasteiger partial charge in [-0.25, -0.2) is 0 Å². The number of hydrogen-bond donors (Lipinski definition) is 1. The van der Waals surface area contributed by atoms with Crippen LogP contribution in [0.4, 0.5) is 0 Å². The van der Waals surface area contributed by atoms with Crippen molar-refractivity contribution < 1.29 is 13.9 Å². The minimum absolute atomic E-state index is 0.135. The van der Waals surface area contributed by atoms with Gasteiger partial charge < -0.3 is 14.5 Å². The number of rotatable bonds is 6. The highest BCUT2D eigenvalue weighted by atomic mass is 16.5. The molecule has 0 aliphatic heterocycles. The number of nitrogens with zero attached hydrogens (tertiary/aromatic N) is 3. The van der Waals surface area contributed by atoms with Gasteiger partial charge in [-0.3, -0.25) is 4.79 Å². The van der Waals surface area contributed by atoms with Crippen molar-refractivity contribution in [1.82, 2.24) is 15.5 Å². The maximum absolute atomic E-state index is 12.0. The molecule has 1 aliphatic rings. The summed E-state index contributed by atoms with van der Waals surface area (Å²) in [5, 5.41) is 19.4. The summed E-state index contributed by atoms with van der Waals surface area (Å²) in [6.07, 6.45) is 3.21. The Balaban J connectivity index is 1.54. The van der Waals surface area contributed by atoms with Gasteiger partial charge >= 0.3 is 0 Å². The highest BCUT2D eigenvalue weighted by Gasteiger charge is 2.43. The van der Waals surface area contributed by atoms with Gasteiger partial charge in [-0.1, -0.05) is 0 Å². The van der Waals surface area contributed by atoms with Crippen LogP contribution in [0.1, 0.15) is 19.8 Å². The van der Waals surface area contributed by atoms with E-state index in [9.17, 15) is 10.1 Å². The number of nitrogens with one attached hydrogen (secondary N) is 1. The number of nitriles is 1. The Hall–Kier alpha value is -2.88. The van der Waals surface area contributed by atoms with Crippen molar-refractivity contribution in [3.8, 4) is 23.3 Å². The van der Waals surface area contributed by atoms with E-state index >= 15 is 0 Å². The largest absolute Gasteiger partial charge is 0.484 e. The first kappa shape index (κ1) is 15.0. The topological polar surface area (TPSA) is 101 Å². The molecule has 0 unspecified atom stereocenters. The molecule has 1 heterocycles. The molecule has 1 aromatic heterocycles. The average molecular weight is 312 g/mol. The van der Waals surface area contributed by atoms with Crippen LogP contribution in [0.3, 0.4) is 0 Å². The van der Waals surface area contributed by atoms with Gasteiger partial charge in [-0.15, -0.1) is 10.2 Å². The molecule has 118 valence electrons. The van der Waals surface area contributed by atoms with Crippen LogP contribution >= 0.6 is 0 Å². The molecule has 7 nitrogen and oxygen atoms in total. The molecule has 1 aromatic carbocycles. The second-order valence-electron chi connectivity index (χ2n) is 5.69. The predicted octanol–water partition coefficient (Wildman–Crippen LogP) is 1.92. The zero-order valence-electron chi connectivity index (χ0n) is 12.7. The highest BCUT2D eigenvalue weighted by Crippen LogP contribution is 2.39. The fraction of sp³-hybridized carbons (Fsp3) is 0.375. The Morgan fingerprint density at radius 3 is 2.78 bits per heavy atom. The van der Waals surface area contributed by atoms with Crippen LogP contribution in [-0.4, -0.2) is 28.3 Å². The molecular formula is C16H16N4O3. The lowest BCUT2D eigenvalue weighted by Crippen LogP contribution is -2.48. The third kappa shape index (κ3) is 3.48. The van der Waals surface area contributed by atoms with E-state index in [0.717, 1.165) is 18.4 Å². The first-order chi connectivity index (χ1) is 11.1. The molecule has 7 heteroatoms. The fourth-order valence-electron chi connectivity index (χ4n) is 2.35. The van der Waals surface area contributed by atoms with E-state index in [0.29, 0.717) is 11.6 Å². The average Bonchev–Trinajstić information content (AvgIpc) is 3.29. The molecule has 1 N–H and O–H groups in total. The number of ether oxygens (including phenoxy) is 1. The Morgan fingerprint density at radius 2 is 2.22 bits per heavy atom. The molecule has 0 saturated heterocycles. The van der Waals surface area contributed by atoms with E-state index in [2.05, 4.69) is 21.6 Å². The van der Waals surface area contributed by atoms with Gasteiger partial charge in [0, 0.05) is 5.56 Å². The number of aromatic nitrogens is 2. The summed E-state index contributed by atoms with van der Waals surface area (Å²) in [7, 11) is 0. The summed E-state index contributed by atoms with van der Waals surface area (Å²) in [5.41, 5.74) is -0.0347. The van der Waals surface area contributed by atoms with Gasteiger partial charge in [-0.2, -0.15) is 5.26 Å². The summed E-state index contributed by atoms with van der Waals surface area (Å²) in [6.45, 7) is 1.62. The summed E-state index contributed by atoms with van der Waals surface area (Å²) >= 11 is 0. The van der Waals surface area contributed by atoms with E-state index in [1.807, 2.05) is 0 Å². The Morgan fingerprint density at radius 1 is 1.48 bits per heavy atom. The lowest BCUT2D eigenvalue weighted by molar-refractivity contribution is -0.124. The third-order valence-electron chi connectivity index (χ3n) is 3.86. The van der Waals surface area contributed by atoms with Crippen molar-refractivity contribution in [2.24, 2.45) is 5.92 Å². The minimum atomic E-state index is -0.803. The number of benzene rings is 1. The number of carbonyl (C=O) groups excluding carboxylic acids is 1. The first-order valence-corrected chi connectivity index (χ1v) is 7.32. The third-order valence-corrected chi connectivity index (χ3v) is 3.86. The van der Waals surface area contributed by atoms with Crippen LogP contribution in [0.15, 0.2) is 35.1 Å². The molecular weight excluding hydrogens is 296 g/mol. The van der Waals surface area contributed by atoms with Gasteiger partial charge in [0.15, 0.2) is 6.61 Å². The van der Waals surface area contributed by atoms with Crippen molar-refractivity contribution in [1.29, 1.82) is 5.26 Å². The summed E-state index contributed by atoms with van der Waals surface area (Å²) < 4.78 is 10.5. The Bertz CT molecular complexity index is 717. The van der Waals surface area contributed by atoms with Crippen LogP contribution in [0.2, 0.25) is 0 Å². The standard InChI is InChI=1S/C16H16N4O3/c1-16(9-17,12-4-5-12)19-14(21)8-22-13-6-2-11(3-7-13)15-20-18-10-23-15/h2-3,6-7,10,12H,4-5,8H2,1H3,(H,19,21)/t16-/m1/s1. The predicted molar refractivity (Wildman–Crippen MR) is 80.1 cm³/mol. The van der Waals surface area contributed by atoms with Crippen LogP contribution in [0, 0.1) is 17.2 Å². The quantitative estimate of drug-likeness (QED) is 0.874. The van der Waals surface area contributed by atoms with Crippen LogP contribution in [-0.2, 0) is 4.79 Å². The van der Waals surface area contributed by atoms with Crippen molar-refractivity contribution in [3.63, 3.8) is 0 Å². The van der Waals surface area contributed by atoms with Gasteiger partial charge in [0.05, 0.1) is 6.07 Å². The molecule has 1 saturated carbocycles. The smallest absolute Gasteiger partial charge is 0.259 e. The van der Waals surface area contributed by atoms with Crippen LogP contribution in [0.5, 0.6) is 5.75 Å². The molecule has 1 aliphatic carbocycles. The minimum Gasteiger partial charge on any atom is -0.484 e. The van der Waals surface area contributed by atoms with Gasteiger partial charge in [0.2, 0.25) is 12.3 Å². The molecule has 1 atom stereocenters. The molecule has 0 radical (unpaired) electrons. The van der Waals surface area contributed by atoms with Crippen molar-refractivity contribution in [2.75, 3.05) is 6.61 Å². The molecule has 2 aromatic rings. The summed E-state index contributed by atoms with van der Waals surface area (Å²) in [5.74, 6) is 0.907. The summed E-state index contributed by atoms with van der Waals surface area (Å²) in [4.78, 5) is 12.0. The zero-order valence-corrected chi connectivity index (χ0v) is 12.7. The lowest BCUT2D eigenvalue weighted by Gasteiger charge is -2.22. The SMILES string of the molecule is C[C@](C#N)(NC(=O)COc1ccc(-c2nnco2)cc1)C1CC1. The Kier molecular flexibility index (Phi) is 3.98. The van der Waals surface area contributed by atoms with Crippen LogP contribution < -0.4 is 10.1 Å². The second kappa shape index (κ2) is 6.08. The van der Waals surface area contributed by atoms with E-state index < -0.39 is 5.54 Å². The van der Waals surface area contributed by atoms with E-state index in [1.165, 1.54) is 6.39 Å². The summed E-state index contributed by atoms with van der Waals surface area (Å²) in [6, 6.07) is 9.16. The lowest BCUT2D eigenvalue weighted by atomic mass is 9.98. The van der Waals surface area contributed by atoms with E-state index in [1.54, 1.807) is 31.2 Å². The zero-order chi connectivity index (χ0) is 16.3. The van der Waals surface area contributed by atoms with Crippen molar-refractivity contribution >= 4 is 5.91 Å². The van der Waals surface area contributed by atoms with Gasteiger partial charge in [-0.05, 0) is 49.9 Å². The van der Waals surface area contributed by atoms with E-state index in [-0.39, 0.29) is 18.4 Å². The molecule has 1 amide bonds. The van der Waals surface area contributed by atoms with Gasteiger partial charge in [0.25, 0.3) is 5.91 Å². The number of hydrogen-bond acceptors (Lipinski definition) is 6. The van der Waals surface area contributed by atoms with E-state index in [4.69, 9.17) is 9.15 Å². The Labute approximate surface area is 133 Å². The maximum Gasteiger partial charge on any atom is 0.259 e. The molecule has 1 fully saturated rings.